The van der Waals surface area contributed by atoms with Crippen molar-refractivity contribution < 1.29 is 9.18 Å². The van der Waals surface area contributed by atoms with Crippen molar-refractivity contribution in [2.75, 3.05) is 5.32 Å². The van der Waals surface area contributed by atoms with E-state index in [1.54, 1.807) is 24.4 Å². The highest BCUT2D eigenvalue weighted by molar-refractivity contribution is 6.00. The van der Waals surface area contributed by atoms with Gasteiger partial charge in [0.05, 0.1) is 0 Å². The average molecular weight is 231 g/mol. The lowest BCUT2D eigenvalue weighted by atomic mass is 10.2. The number of aromatic amines is 1. The van der Waals surface area contributed by atoms with Gasteiger partial charge in [-0.05, 0) is 12.1 Å². The number of imidazole rings is 1. The Morgan fingerprint density at radius 1 is 1.41 bits per heavy atom. The third kappa shape index (κ3) is 3.01. The second-order valence-corrected chi connectivity index (χ2v) is 3.28. The van der Waals surface area contributed by atoms with Crippen LogP contribution in [0.1, 0.15) is 5.56 Å². The fourth-order valence-electron chi connectivity index (χ4n) is 1.27. The number of anilines is 1. The van der Waals surface area contributed by atoms with Gasteiger partial charge < -0.3 is 4.98 Å². The number of H-pyrrole nitrogens is 1. The van der Waals surface area contributed by atoms with E-state index in [0.717, 1.165) is 0 Å². The predicted octanol–water partition coefficient (Wildman–Crippen LogP) is 2.20. The Balaban J connectivity index is 2.01. The van der Waals surface area contributed by atoms with Crippen LogP contribution in [0.15, 0.2) is 42.7 Å². The molecule has 0 saturated heterocycles. The normalized spacial score (nSPS) is 10.6. The quantitative estimate of drug-likeness (QED) is 0.795. The Hall–Kier alpha value is -2.43. The summed E-state index contributed by atoms with van der Waals surface area (Å²) < 4.78 is 13.2. The van der Waals surface area contributed by atoms with E-state index in [-0.39, 0.29) is 11.7 Å². The van der Waals surface area contributed by atoms with Gasteiger partial charge in [-0.15, -0.1) is 0 Å². The molecule has 5 heteroatoms. The van der Waals surface area contributed by atoms with Gasteiger partial charge in [-0.3, -0.25) is 10.1 Å². The molecule has 0 aliphatic rings. The highest BCUT2D eigenvalue weighted by Crippen LogP contribution is 2.08. The first kappa shape index (κ1) is 11.1. The molecule has 17 heavy (non-hydrogen) atoms. The molecule has 2 aromatic rings. The van der Waals surface area contributed by atoms with Crippen LogP contribution in [0.3, 0.4) is 0 Å². The highest BCUT2D eigenvalue weighted by Gasteiger charge is 2.00. The molecule has 2 rings (SSSR count). The number of benzene rings is 1. The molecule has 0 saturated carbocycles. The molecule has 1 aromatic carbocycles. The summed E-state index contributed by atoms with van der Waals surface area (Å²) in [6.45, 7) is 0. The number of hydrogen-bond acceptors (Lipinski definition) is 2. The molecule has 0 aliphatic heterocycles. The van der Waals surface area contributed by atoms with Crippen LogP contribution in [-0.2, 0) is 4.79 Å². The maximum Gasteiger partial charge on any atom is 0.250 e. The van der Waals surface area contributed by atoms with Crippen LogP contribution in [0.4, 0.5) is 10.3 Å². The smallest absolute Gasteiger partial charge is 0.250 e. The number of amides is 1. The van der Waals surface area contributed by atoms with Crippen molar-refractivity contribution in [3.63, 3.8) is 0 Å². The van der Waals surface area contributed by atoms with Crippen molar-refractivity contribution in [2.45, 2.75) is 0 Å². The first-order valence-corrected chi connectivity index (χ1v) is 4.98. The van der Waals surface area contributed by atoms with Gasteiger partial charge in [0.2, 0.25) is 5.95 Å². The number of halogens is 1. The zero-order valence-corrected chi connectivity index (χ0v) is 8.85. The van der Waals surface area contributed by atoms with Gasteiger partial charge in [0, 0.05) is 24.0 Å². The number of hydrogen-bond donors (Lipinski definition) is 2. The van der Waals surface area contributed by atoms with Crippen LogP contribution >= 0.6 is 0 Å². The highest BCUT2D eigenvalue weighted by atomic mass is 19.1. The number of rotatable bonds is 3. The fourth-order valence-corrected chi connectivity index (χ4v) is 1.27. The summed E-state index contributed by atoms with van der Waals surface area (Å²) >= 11 is 0. The molecule has 86 valence electrons. The van der Waals surface area contributed by atoms with E-state index in [1.165, 1.54) is 24.4 Å². The van der Waals surface area contributed by atoms with Crippen LogP contribution < -0.4 is 5.32 Å². The van der Waals surface area contributed by atoms with Crippen LogP contribution in [0.5, 0.6) is 0 Å². The molecule has 4 nitrogen and oxygen atoms in total. The standard InChI is InChI=1S/C12H10FN3O/c13-10-4-2-1-3-9(10)5-6-11(17)16-12-14-7-8-15-12/h1-8H,(H2,14,15,16,17). The molecule has 0 fully saturated rings. The number of nitrogens with zero attached hydrogens (tertiary/aromatic N) is 1. The van der Waals surface area contributed by atoms with Crippen molar-refractivity contribution in [3.05, 3.63) is 54.1 Å². The minimum Gasteiger partial charge on any atom is -0.331 e. The molecular formula is C12H10FN3O. The van der Waals surface area contributed by atoms with Crippen LogP contribution in [0.25, 0.3) is 6.08 Å². The minimum absolute atomic E-state index is 0.355. The maximum atomic E-state index is 13.2. The summed E-state index contributed by atoms with van der Waals surface area (Å²) in [6, 6.07) is 6.22. The van der Waals surface area contributed by atoms with Crippen molar-refractivity contribution in [3.8, 4) is 0 Å². The van der Waals surface area contributed by atoms with Crippen LogP contribution in [0, 0.1) is 5.82 Å². The number of carbonyl (C=O) groups excluding carboxylic acids is 1. The number of nitrogens with one attached hydrogen (secondary N) is 2. The summed E-state index contributed by atoms with van der Waals surface area (Å²) in [4.78, 5) is 18.0. The van der Waals surface area contributed by atoms with Crippen molar-refractivity contribution >= 4 is 17.9 Å². The first-order valence-electron chi connectivity index (χ1n) is 4.98. The van der Waals surface area contributed by atoms with E-state index in [2.05, 4.69) is 15.3 Å². The van der Waals surface area contributed by atoms with Gasteiger partial charge in [-0.25, -0.2) is 9.37 Å². The first-order chi connectivity index (χ1) is 8.25. The van der Waals surface area contributed by atoms with Gasteiger partial charge in [0.15, 0.2) is 0 Å². The van der Waals surface area contributed by atoms with E-state index in [1.807, 2.05) is 0 Å². The molecule has 0 atom stereocenters. The van der Waals surface area contributed by atoms with Crippen LogP contribution in [-0.4, -0.2) is 15.9 Å². The van der Waals surface area contributed by atoms with E-state index in [9.17, 15) is 9.18 Å². The summed E-state index contributed by atoms with van der Waals surface area (Å²) in [7, 11) is 0. The lowest BCUT2D eigenvalue weighted by Crippen LogP contribution is -2.08. The Morgan fingerprint density at radius 3 is 2.94 bits per heavy atom. The van der Waals surface area contributed by atoms with Gasteiger partial charge in [0.1, 0.15) is 5.82 Å². The van der Waals surface area contributed by atoms with Gasteiger partial charge in [-0.2, -0.15) is 0 Å². The van der Waals surface area contributed by atoms with Crippen LogP contribution in [0.2, 0.25) is 0 Å². The molecule has 0 radical (unpaired) electrons. The van der Waals surface area contributed by atoms with Gasteiger partial charge in [0.25, 0.3) is 5.91 Å². The summed E-state index contributed by atoms with van der Waals surface area (Å²) in [5, 5.41) is 2.50. The predicted molar refractivity (Wildman–Crippen MR) is 62.7 cm³/mol. The molecule has 0 spiro atoms. The monoisotopic (exact) mass is 231 g/mol. The molecule has 0 unspecified atom stereocenters. The van der Waals surface area contributed by atoms with E-state index < -0.39 is 0 Å². The lowest BCUT2D eigenvalue weighted by molar-refractivity contribution is -0.111. The second kappa shape index (κ2) is 5.07. The maximum absolute atomic E-state index is 13.2. The minimum atomic E-state index is -0.372. The van der Waals surface area contributed by atoms with E-state index in [4.69, 9.17) is 0 Å². The molecule has 2 N–H and O–H groups in total. The lowest BCUT2D eigenvalue weighted by Gasteiger charge is -1.97. The Kier molecular flexibility index (Phi) is 3.30. The Bertz CT molecular complexity index is 534. The molecule has 0 bridgehead atoms. The topological polar surface area (TPSA) is 57.8 Å². The SMILES string of the molecule is O=C(C=Cc1ccccc1F)Nc1ncc[nH]1. The van der Waals surface area contributed by atoms with Crippen molar-refractivity contribution in [2.24, 2.45) is 0 Å². The number of aromatic nitrogens is 2. The van der Waals surface area contributed by atoms with Crippen molar-refractivity contribution in [1.82, 2.24) is 9.97 Å². The average Bonchev–Trinajstić information content (AvgIpc) is 2.81. The Labute approximate surface area is 97.2 Å². The summed E-state index contributed by atoms with van der Waals surface area (Å²) in [5.74, 6) is -0.383. The third-order valence-electron chi connectivity index (χ3n) is 2.06. The largest absolute Gasteiger partial charge is 0.331 e. The molecule has 1 amide bonds. The number of carbonyl (C=O) groups is 1. The van der Waals surface area contributed by atoms with Crippen molar-refractivity contribution in [1.29, 1.82) is 0 Å². The van der Waals surface area contributed by atoms with E-state index in [0.29, 0.717) is 11.5 Å². The van der Waals surface area contributed by atoms with E-state index >= 15 is 0 Å². The molecule has 1 heterocycles. The molecular weight excluding hydrogens is 221 g/mol. The summed E-state index contributed by atoms with van der Waals surface area (Å²) in [5.41, 5.74) is 0.363. The Morgan fingerprint density at radius 2 is 2.24 bits per heavy atom. The fraction of sp³-hybridized carbons (Fsp3) is 0. The third-order valence-corrected chi connectivity index (χ3v) is 2.06. The van der Waals surface area contributed by atoms with Gasteiger partial charge >= 0.3 is 0 Å². The summed E-state index contributed by atoms with van der Waals surface area (Å²) in [6.07, 6.45) is 5.78. The molecule has 0 aliphatic carbocycles. The van der Waals surface area contributed by atoms with Gasteiger partial charge in [-0.1, -0.05) is 18.2 Å². The second-order valence-electron chi connectivity index (χ2n) is 3.28. The zero-order valence-electron chi connectivity index (χ0n) is 8.85. The zero-order chi connectivity index (χ0) is 12.1. The molecule has 1 aromatic heterocycles.